The lowest BCUT2D eigenvalue weighted by atomic mass is 10.2. The van der Waals surface area contributed by atoms with Gasteiger partial charge >= 0.3 is 0 Å². The fraction of sp³-hybridized carbons (Fsp3) is 0.778. The Hall–Kier alpha value is -0.350. The van der Waals surface area contributed by atoms with Crippen LogP contribution in [0.5, 0.6) is 0 Å². The Bertz CT molecular complexity index is 289. The molecule has 1 atom stereocenters. The molecule has 13 heavy (non-hydrogen) atoms. The van der Waals surface area contributed by atoms with E-state index in [-0.39, 0.29) is 6.04 Å². The average Bonchev–Trinajstić information content (AvgIpc) is 2.29. The first-order valence-corrected chi connectivity index (χ1v) is 6.39. The first-order chi connectivity index (χ1) is 5.99. The van der Waals surface area contributed by atoms with Crippen LogP contribution < -0.4 is 5.32 Å². The zero-order chi connectivity index (χ0) is 9.90. The maximum Gasteiger partial charge on any atom is 0.151 e. The van der Waals surface area contributed by atoms with E-state index in [1.54, 1.807) is 0 Å². The number of rotatable bonds is 3. The van der Waals surface area contributed by atoms with Gasteiger partial charge in [-0.05, 0) is 20.3 Å². The summed E-state index contributed by atoms with van der Waals surface area (Å²) in [5.41, 5.74) is 1.26. The molecule has 76 valence electrons. The van der Waals surface area contributed by atoms with Crippen LogP contribution in [-0.4, -0.2) is 32.5 Å². The quantitative estimate of drug-likeness (QED) is 0.688. The lowest BCUT2D eigenvalue weighted by molar-refractivity contribution is 0.584. The molecule has 4 heteroatoms. The zero-order valence-electron chi connectivity index (χ0n) is 8.21. The summed E-state index contributed by atoms with van der Waals surface area (Å²) in [6.07, 6.45) is 2.84. The number of hydrogen-bond acceptors (Lipinski definition) is 3. The molecule has 0 aromatic carbocycles. The Kier molecular flexibility index (Phi) is 3.50. The molecule has 0 aromatic rings. The van der Waals surface area contributed by atoms with Crippen LogP contribution in [0.4, 0.5) is 0 Å². The van der Waals surface area contributed by atoms with Gasteiger partial charge in [-0.2, -0.15) is 0 Å². The molecule has 1 fully saturated rings. The van der Waals surface area contributed by atoms with Crippen molar-refractivity contribution < 1.29 is 8.42 Å². The molecule has 3 nitrogen and oxygen atoms in total. The number of allylic oxidation sites excluding steroid dienone is 1. The van der Waals surface area contributed by atoms with Crippen LogP contribution in [0.1, 0.15) is 20.3 Å². The number of sulfone groups is 1. The summed E-state index contributed by atoms with van der Waals surface area (Å²) in [6.45, 7) is 4.85. The highest BCUT2D eigenvalue weighted by Gasteiger charge is 2.26. The van der Waals surface area contributed by atoms with Crippen LogP contribution >= 0.6 is 0 Å². The largest absolute Gasteiger partial charge is 0.309 e. The minimum absolute atomic E-state index is 0.167. The van der Waals surface area contributed by atoms with Crippen molar-refractivity contribution in [3.05, 3.63) is 11.6 Å². The Labute approximate surface area is 80.1 Å². The Morgan fingerprint density at radius 2 is 2.23 bits per heavy atom. The van der Waals surface area contributed by atoms with Crippen molar-refractivity contribution in [2.24, 2.45) is 0 Å². The van der Waals surface area contributed by atoms with E-state index in [9.17, 15) is 8.42 Å². The Balaban J connectivity index is 2.30. The summed E-state index contributed by atoms with van der Waals surface area (Å²) in [5.74, 6) is 0.656. The average molecular weight is 203 g/mol. The minimum Gasteiger partial charge on any atom is -0.309 e. The molecule has 1 heterocycles. The normalized spacial score (nSPS) is 25.8. The highest BCUT2D eigenvalue weighted by Crippen LogP contribution is 2.10. The third kappa shape index (κ3) is 3.91. The molecule has 1 unspecified atom stereocenters. The summed E-state index contributed by atoms with van der Waals surface area (Å²) < 4.78 is 22.2. The van der Waals surface area contributed by atoms with Gasteiger partial charge in [-0.15, -0.1) is 0 Å². The molecule has 1 saturated heterocycles. The van der Waals surface area contributed by atoms with Gasteiger partial charge in [0.05, 0.1) is 11.5 Å². The summed E-state index contributed by atoms with van der Waals surface area (Å²) in [7, 11) is -2.73. The van der Waals surface area contributed by atoms with Crippen molar-refractivity contribution >= 4 is 9.84 Å². The molecule has 1 rings (SSSR count). The lowest BCUT2D eigenvalue weighted by Crippen LogP contribution is -2.30. The van der Waals surface area contributed by atoms with Crippen LogP contribution in [0.15, 0.2) is 11.6 Å². The van der Waals surface area contributed by atoms with Gasteiger partial charge in [0.25, 0.3) is 0 Å². The topological polar surface area (TPSA) is 46.2 Å². The van der Waals surface area contributed by atoms with Gasteiger partial charge in [0.2, 0.25) is 0 Å². The van der Waals surface area contributed by atoms with E-state index in [0.717, 1.165) is 13.0 Å². The van der Waals surface area contributed by atoms with Crippen molar-refractivity contribution in [3.63, 3.8) is 0 Å². The van der Waals surface area contributed by atoms with Crippen molar-refractivity contribution in [2.75, 3.05) is 18.1 Å². The summed E-state index contributed by atoms with van der Waals surface area (Å²) >= 11 is 0. The molecule has 1 aliphatic rings. The summed E-state index contributed by atoms with van der Waals surface area (Å²) in [4.78, 5) is 0. The summed E-state index contributed by atoms with van der Waals surface area (Å²) in [5, 5.41) is 3.21. The van der Waals surface area contributed by atoms with Gasteiger partial charge in [0.1, 0.15) is 0 Å². The van der Waals surface area contributed by atoms with Gasteiger partial charge in [-0.3, -0.25) is 0 Å². The third-order valence-electron chi connectivity index (χ3n) is 2.15. The molecule has 0 radical (unpaired) electrons. The number of hydrogen-bond donors (Lipinski definition) is 1. The molecule has 1 N–H and O–H groups in total. The molecule has 0 amide bonds. The molecule has 0 aromatic heterocycles. The second-order valence-corrected chi connectivity index (χ2v) is 6.02. The Morgan fingerprint density at radius 1 is 1.54 bits per heavy atom. The van der Waals surface area contributed by atoms with Crippen LogP contribution in [0, 0.1) is 0 Å². The molecular weight excluding hydrogens is 186 g/mol. The zero-order valence-corrected chi connectivity index (χ0v) is 9.02. The summed E-state index contributed by atoms with van der Waals surface area (Å²) in [6, 6.07) is 0.167. The van der Waals surface area contributed by atoms with E-state index in [2.05, 4.69) is 11.4 Å². The lowest BCUT2D eigenvalue weighted by Gasteiger charge is -2.07. The van der Waals surface area contributed by atoms with E-state index >= 15 is 0 Å². The SMILES string of the molecule is CC(C)=CCNC1CCS(=O)(=O)C1. The second kappa shape index (κ2) is 4.24. The monoisotopic (exact) mass is 203 g/mol. The first kappa shape index (κ1) is 10.7. The second-order valence-electron chi connectivity index (χ2n) is 3.79. The predicted molar refractivity (Wildman–Crippen MR) is 54.5 cm³/mol. The highest BCUT2D eigenvalue weighted by molar-refractivity contribution is 7.91. The van der Waals surface area contributed by atoms with Crippen molar-refractivity contribution in [3.8, 4) is 0 Å². The number of nitrogens with one attached hydrogen (secondary N) is 1. The third-order valence-corrected chi connectivity index (χ3v) is 3.92. The highest BCUT2D eigenvalue weighted by atomic mass is 32.2. The van der Waals surface area contributed by atoms with E-state index in [0.29, 0.717) is 11.5 Å². The van der Waals surface area contributed by atoms with E-state index in [1.165, 1.54) is 5.57 Å². The molecule has 0 saturated carbocycles. The van der Waals surface area contributed by atoms with Gasteiger partial charge in [-0.1, -0.05) is 11.6 Å². The predicted octanol–water partition coefficient (Wildman–Crippen LogP) is 0.729. The van der Waals surface area contributed by atoms with Crippen LogP contribution in [0.2, 0.25) is 0 Å². The van der Waals surface area contributed by atoms with Crippen LogP contribution in [-0.2, 0) is 9.84 Å². The minimum atomic E-state index is -2.73. The van der Waals surface area contributed by atoms with Gasteiger partial charge in [-0.25, -0.2) is 8.42 Å². The maximum absolute atomic E-state index is 11.1. The van der Waals surface area contributed by atoms with Crippen molar-refractivity contribution in [1.82, 2.24) is 5.32 Å². The van der Waals surface area contributed by atoms with Gasteiger partial charge in [0.15, 0.2) is 9.84 Å². The van der Waals surface area contributed by atoms with Crippen LogP contribution in [0.3, 0.4) is 0 Å². The van der Waals surface area contributed by atoms with Crippen LogP contribution in [0.25, 0.3) is 0 Å². The first-order valence-electron chi connectivity index (χ1n) is 4.57. The van der Waals surface area contributed by atoms with E-state index < -0.39 is 9.84 Å². The molecule has 0 aliphatic carbocycles. The maximum atomic E-state index is 11.1. The molecule has 0 bridgehead atoms. The molecule has 0 spiro atoms. The fourth-order valence-electron chi connectivity index (χ4n) is 1.39. The molecular formula is C9H17NO2S. The standard InChI is InChI=1S/C9H17NO2S/c1-8(2)3-5-10-9-4-6-13(11,12)7-9/h3,9-10H,4-7H2,1-2H3. The van der Waals surface area contributed by atoms with Gasteiger partial charge in [0, 0.05) is 12.6 Å². The van der Waals surface area contributed by atoms with Crippen molar-refractivity contribution in [1.29, 1.82) is 0 Å². The fourth-order valence-corrected chi connectivity index (χ4v) is 3.09. The Morgan fingerprint density at radius 3 is 2.69 bits per heavy atom. The van der Waals surface area contributed by atoms with E-state index in [4.69, 9.17) is 0 Å². The molecule has 1 aliphatic heterocycles. The van der Waals surface area contributed by atoms with Crippen molar-refractivity contribution in [2.45, 2.75) is 26.3 Å². The van der Waals surface area contributed by atoms with Gasteiger partial charge < -0.3 is 5.32 Å². The smallest absolute Gasteiger partial charge is 0.151 e. The van der Waals surface area contributed by atoms with E-state index in [1.807, 2.05) is 13.8 Å².